The highest BCUT2D eigenvalue weighted by atomic mass is 19.1. The molecule has 0 aliphatic heterocycles. The molecule has 0 atom stereocenters. The van der Waals surface area contributed by atoms with Crippen molar-refractivity contribution in [1.29, 1.82) is 0 Å². The van der Waals surface area contributed by atoms with Crippen molar-refractivity contribution >= 4 is 10.9 Å². The Hall–Kier alpha value is -2.69. The highest BCUT2D eigenvalue weighted by Crippen LogP contribution is 2.31. The van der Waals surface area contributed by atoms with Crippen molar-refractivity contribution in [2.45, 2.75) is 0 Å². The molecule has 0 saturated heterocycles. The third-order valence-electron chi connectivity index (χ3n) is 3.29. The number of halogens is 2. The molecule has 21 heavy (non-hydrogen) atoms. The first-order valence-electron chi connectivity index (χ1n) is 6.25. The Labute approximate surface area is 118 Å². The third kappa shape index (κ3) is 2.27. The van der Waals surface area contributed by atoms with Gasteiger partial charge < -0.3 is 9.72 Å². The van der Waals surface area contributed by atoms with Crippen LogP contribution in [0.25, 0.3) is 22.0 Å². The Balaban J connectivity index is 2.26. The van der Waals surface area contributed by atoms with E-state index >= 15 is 0 Å². The minimum atomic E-state index is -0.730. The molecule has 1 heterocycles. The van der Waals surface area contributed by atoms with Gasteiger partial charge in [-0.25, -0.2) is 8.78 Å². The van der Waals surface area contributed by atoms with Gasteiger partial charge in [-0.3, -0.25) is 4.79 Å². The van der Waals surface area contributed by atoms with Gasteiger partial charge in [0.05, 0.1) is 18.2 Å². The fourth-order valence-electron chi connectivity index (χ4n) is 2.26. The zero-order valence-corrected chi connectivity index (χ0v) is 11.1. The second-order valence-corrected chi connectivity index (χ2v) is 4.56. The van der Waals surface area contributed by atoms with E-state index in [-0.39, 0.29) is 16.5 Å². The summed E-state index contributed by atoms with van der Waals surface area (Å²) in [7, 11) is 1.52. The summed E-state index contributed by atoms with van der Waals surface area (Å²) in [4.78, 5) is 13.6. The largest absolute Gasteiger partial charge is 0.497 e. The molecule has 0 bridgehead atoms. The Kier molecular flexibility index (Phi) is 3.17. The van der Waals surface area contributed by atoms with Crippen LogP contribution in [0.3, 0.4) is 0 Å². The van der Waals surface area contributed by atoms with E-state index in [1.54, 1.807) is 24.3 Å². The molecular weight excluding hydrogens is 276 g/mol. The first kappa shape index (κ1) is 13.3. The number of nitrogens with one attached hydrogen (secondary N) is 1. The van der Waals surface area contributed by atoms with E-state index < -0.39 is 17.2 Å². The Morgan fingerprint density at radius 1 is 1.05 bits per heavy atom. The summed E-state index contributed by atoms with van der Waals surface area (Å²) in [5, 5.41) is 0.168. The van der Waals surface area contributed by atoms with E-state index in [4.69, 9.17) is 4.74 Å². The lowest BCUT2D eigenvalue weighted by Gasteiger charge is -2.09. The predicted octanol–water partition coefficient (Wildman–Crippen LogP) is 3.48. The van der Waals surface area contributed by atoms with Crippen LogP contribution in [-0.2, 0) is 0 Å². The van der Waals surface area contributed by atoms with Gasteiger partial charge in [0.25, 0.3) is 0 Å². The van der Waals surface area contributed by atoms with Crippen molar-refractivity contribution in [3.05, 3.63) is 64.5 Å². The van der Waals surface area contributed by atoms with Gasteiger partial charge in [-0.1, -0.05) is 12.1 Å². The highest BCUT2D eigenvalue weighted by Gasteiger charge is 2.16. The number of H-pyrrole nitrogens is 1. The van der Waals surface area contributed by atoms with Crippen molar-refractivity contribution in [3.8, 4) is 16.9 Å². The highest BCUT2D eigenvalue weighted by molar-refractivity contribution is 5.85. The molecule has 0 aliphatic rings. The molecule has 1 aromatic heterocycles. The van der Waals surface area contributed by atoms with Crippen LogP contribution in [0.2, 0.25) is 0 Å². The molecule has 0 spiro atoms. The maximum Gasteiger partial charge on any atom is 0.248 e. The molecule has 0 unspecified atom stereocenters. The molecule has 3 aromatic rings. The second kappa shape index (κ2) is 5.01. The van der Waals surface area contributed by atoms with Crippen LogP contribution < -0.4 is 10.3 Å². The van der Waals surface area contributed by atoms with Crippen LogP contribution >= 0.6 is 0 Å². The van der Waals surface area contributed by atoms with E-state index in [1.807, 2.05) is 0 Å². The Bertz CT molecular complexity index is 870. The minimum Gasteiger partial charge on any atom is -0.497 e. The monoisotopic (exact) mass is 287 g/mol. The second-order valence-electron chi connectivity index (χ2n) is 4.56. The Morgan fingerprint density at radius 2 is 1.76 bits per heavy atom. The molecule has 5 heteroatoms. The standard InChI is InChI=1S/C16H11F2NO2/c1-21-10-4-2-9(3-5-10)15-12(17)8-13-11(16(15)18)6-7-14(20)19-13/h2-8H,1H3,(H,19,20). The molecule has 0 amide bonds. The number of methoxy groups -OCH3 is 1. The van der Waals surface area contributed by atoms with Gasteiger partial charge in [-0.05, 0) is 29.8 Å². The minimum absolute atomic E-state index is 0.128. The van der Waals surface area contributed by atoms with Gasteiger partial charge in [0, 0.05) is 11.5 Å². The zero-order chi connectivity index (χ0) is 15.0. The summed E-state index contributed by atoms with van der Waals surface area (Å²) in [5.74, 6) is -0.830. The quantitative estimate of drug-likeness (QED) is 0.784. The van der Waals surface area contributed by atoms with Crippen LogP contribution in [-0.4, -0.2) is 12.1 Å². The van der Waals surface area contributed by atoms with Crippen LogP contribution in [0.4, 0.5) is 8.78 Å². The third-order valence-corrected chi connectivity index (χ3v) is 3.29. The van der Waals surface area contributed by atoms with Crippen LogP contribution in [0.15, 0.2) is 47.3 Å². The van der Waals surface area contributed by atoms with Gasteiger partial charge >= 0.3 is 0 Å². The van der Waals surface area contributed by atoms with E-state index in [9.17, 15) is 13.6 Å². The van der Waals surface area contributed by atoms with Crippen molar-refractivity contribution in [1.82, 2.24) is 4.98 Å². The predicted molar refractivity (Wildman–Crippen MR) is 76.5 cm³/mol. The number of ether oxygens (including phenoxy) is 1. The first-order chi connectivity index (χ1) is 10.1. The maximum atomic E-state index is 14.5. The molecule has 0 aliphatic carbocycles. The smallest absolute Gasteiger partial charge is 0.248 e. The van der Waals surface area contributed by atoms with E-state index in [1.165, 1.54) is 19.2 Å². The number of benzene rings is 2. The Morgan fingerprint density at radius 3 is 2.43 bits per heavy atom. The van der Waals surface area contributed by atoms with Gasteiger partial charge in [0.15, 0.2) is 0 Å². The SMILES string of the molecule is COc1ccc(-c2c(F)cc3[nH]c(=O)ccc3c2F)cc1. The lowest BCUT2D eigenvalue weighted by Crippen LogP contribution is -2.04. The van der Waals surface area contributed by atoms with Gasteiger partial charge in [0.1, 0.15) is 17.4 Å². The van der Waals surface area contributed by atoms with Crippen LogP contribution in [0.5, 0.6) is 5.75 Å². The van der Waals surface area contributed by atoms with Gasteiger partial charge in [-0.2, -0.15) is 0 Å². The van der Waals surface area contributed by atoms with Gasteiger partial charge in [0.2, 0.25) is 5.56 Å². The average molecular weight is 287 g/mol. The summed E-state index contributed by atoms with van der Waals surface area (Å²) in [6, 6.07) is 10.1. The summed E-state index contributed by atoms with van der Waals surface area (Å²) in [5.41, 5.74) is 0.00404. The van der Waals surface area contributed by atoms with Crippen molar-refractivity contribution in [2.24, 2.45) is 0 Å². The summed E-state index contributed by atoms with van der Waals surface area (Å²) in [6.45, 7) is 0. The van der Waals surface area contributed by atoms with Crippen molar-refractivity contribution < 1.29 is 13.5 Å². The molecular formula is C16H11F2NO2. The fraction of sp³-hybridized carbons (Fsp3) is 0.0625. The molecule has 0 fully saturated rings. The number of hydrogen-bond donors (Lipinski definition) is 1. The van der Waals surface area contributed by atoms with E-state index in [0.717, 1.165) is 6.07 Å². The molecule has 0 radical (unpaired) electrons. The van der Waals surface area contributed by atoms with Crippen molar-refractivity contribution in [3.63, 3.8) is 0 Å². The molecule has 1 N–H and O–H groups in total. The molecule has 3 rings (SSSR count). The molecule has 106 valence electrons. The lowest BCUT2D eigenvalue weighted by molar-refractivity contribution is 0.415. The van der Waals surface area contributed by atoms with Gasteiger partial charge in [-0.15, -0.1) is 0 Å². The van der Waals surface area contributed by atoms with E-state index in [0.29, 0.717) is 11.3 Å². The normalized spacial score (nSPS) is 10.8. The number of aromatic nitrogens is 1. The number of fused-ring (bicyclic) bond motifs is 1. The fourth-order valence-corrected chi connectivity index (χ4v) is 2.26. The number of aromatic amines is 1. The average Bonchev–Trinajstić information content (AvgIpc) is 2.47. The summed E-state index contributed by atoms with van der Waals surface area (Å²) < 4.78 is 33.7. The number of rotatable bonds is 2. The summed E-state index contributed by atoms with van der Waals surface area (Å²) in [6.07, 6.45) is 0. The lowest BCUT2D eigenvalue weighted by atomic mass is 10.0. The summed E-state index contributed by atoms with van der Waals surface area (Å²) >= 11 is 0. The number of hydrogen-bond acceptors (Lipinski definition) is 2. The van der Waals surface area contributed by atoms with Crippen LogP contribution in [0.1, 0.15) is 0 Å². The topological polar surface area (TPSA) is 42.1 Å². The molecule has 0 saturated carbocycles. The first-order valence-corrected chi connectivity index (χ1v) is 6.25. The zero-order valence-electron chi connectivity index (χ0n) is 11.1. The molecule has 2 aromatic carbocycles. The molecule has 3 nitrogen and oxygen atoms in total. The van der Waals surface area contributed by atoms with Crippen molar-refractivity contribution in [2.75, 3.05) is 7.11 Å². The maximum absolute atomic E-state index is 14.5. The van der Waals surface area contributed by atoms with Crippen LogP contribution in [0, 0.1) is 11.6 Å². The number of pyridine rings is 1. The van der Waals surface area contributed by atoms with E-state index in [2.05, 4.69) is 4.98 Å².